The Hall–Kier alpha value is -1.10. The second-order valence-electron chi connectivity index (χ2n) is 6.57. The number of amides is 1. The second kappa shape index (κ2) is 6.12. The van der Waals surface area contributed by atoms with E-state index in [0.29, 0.717) is 18.9 Å². The molecule has 1 aliphatic heterocycles. The average molecular weight is 282 g/mol. The Morgan fingerprint density at radius 3 is 2.40 bits per heavy atom. The molecule has 1 aliphatic carbocycles. The maximum Gasteiger partial charge on any atom is 0.310 e. The lowest BCUT2D eigenvalue weighted by Gasteiger charge is -2.34. The molecule has 20 heavy (non-hydrogen) atoms. The van der Waals surface area contributed by atoms with Gasteiger partial charge in [0, 0.05) is 25.6 Å². The predicted octanol–water partition coefficient (Wildman–Crippen LogP) is 1.57. The predicted molar refractivity (Wildman–Crippen MR) is 76.4 cm³/mol. The molecule has 2 rings (SSSR count). The second-order valence-corrected chi connectivity index (χ2v) is 6.57. The summed E-state index contributed by atoms with van der Waals surface area (Å²) >= 11 is 0. The number of carbonyl (C=O) groups is 2. The van der Waals surface area contributed by atoms with Gasteiger partial charge in [0.25, 0.3) is 0 Å². The molecule has 1 unspecified atom stereocenters. The molecule has 0 radical (unpaired) electrons. The number of hydrogen-bond acceptors (Lipinski definition) is 3. The smallest absolute Gasteiger partial charge is 0.310 e. The quantitative estimate of drug-likeness (QED) is 0.850. The normalized spacial score (nSPS) is 25.9. The molecule has 1 N–H and O–H groups in total. The Kier molecular flexibility index (Phi) is 4.68. The number of nitrogens with zero attached hydrogens (tertiary/aromatic N) is 2. The summed E-state index contributed by atoms with van der Waals surface area (Å²) in [5.74, 6) is -0.757. The van der Waals surface area contributed by atoms with Crippen LogP contribution in [0, 0.1) is 5.41 Å². The van der Waals surface area contributed by atoms with Crippen LogP contribution in [0.1, 0.15) is 44.9 Å². The van der Waals surface area contributed by atoms with Crippen molar-refractivity contribution in [1.29, 1.82) is 0 Å². The standard InChI is InChI=1S/C15H26N2O3/c1-16(2)12-6-9-17(11-12)13(18)10-15(14(19)20)7-4-3-5-8-15/h12H,3-11H2,1-2H3,(H,19,20). The van der Waals surface area contributed by atoms with Crippen molar-refractivity contribution in [2.45, 2.75) is 51.0 Å². The van der Waals surface area contributed by atoms with Crippen LogP contribution in [0.25, 0.3) is 0 Å². The van der Waals surface area contributed by atoms with Gasteiger partial charge in [0.2, 0.25) is 5.91 Å². The zero-order valence-electron chi connectivity index (χ0n) is 12.6. The molecular weight excluding hydrogens is 256 g/mol. The van der Waals surface area contributed by atoms with Gasteiger partial charge in [-0.25, -0.2) is 0 Å². The lowest BCUT2D eigenvalue weighted by molar-refractivity contribution is -0.155. The number of likely N-dealkylation sites (tertiary alicyclic amines) is 1. The summed E-state index contributed by atoms with van der Waals surface area (Å²) in [4.78, 5) is 28.0. The van der Waals surface area contributed by atoms with Gasteiger partial charge in [-0.3, -0.25) is 9.59 Å². The molecule has 2 fully saturated rings. The van der Waals surface area contributed by atoms with Crippen molar-refractivity contribution in [3.05, 3.63) is 0 Å². The van der Waals surface area contributed by atoms with Crippen molar-refractivity contribution in [3.8, 4) is 0 Å². The van der Waals surface area contributed by atoms with Crippen LogP contribution in [0.15, 0.2) is 0 Å². The van der Waals surface area contributed by atoms with Crippen LogP contribution in [0.3, 0.4) is 0 Å². The zero-order valence-corrected chi connectivity index (χ0v) is 12.6. The molecule has 5 nitrogen and oxygen atoms in total. The monoisotopic (exact) mass is 282 g/mol. The van der Waals surface area contributed by atoms with E-state index in [1.165, 1.54) is 0 Å². The van der Waals surface area contributed by atoms with Crippen molar-refractivity contribution >= 4 is 11.9 Å². The van der Waals surface area contributed by atoms with E-state index < -0.39 is 11.4 Å². The highest BCUT2D eigenvalue weighted by atomic mass is 16.4. The Balaban J connectivity index is 1.97. The SMILES string of the molecule is CN(C)C1CCN(C(=O)CC2(C(=O)O)CCCCC2)C1. The third-order valence-electron chi connectivity index (χ3n) is 5.00. The van der Waals surface area contributed by atoms with Crippen LogP contribution in [0.4, 0.5) is 0 Å². The summed E-state index contributed by atoms with van der Waals surface area (Å²) < 4.78 is 0. The van der Waals surface area contributed by atoms with E-state index in [0.717, 1.165) is 38.8 Å². The number of rotatable bonds is 4. The molecule has 5 heteroatoms. The van der Waals surface area contributed by atoms with E-state index in [1.807, 2.05) is 19.0 Å². The van der Waals surface area contributed by atoms with Gasteiger partial charge >= 0.3 is 5.97 Å². The van der Waals surface area contributed by atoms with Crippen LogP contribution in [0.5, 0.6) is 0 Å². The van der Waals surface area contributed by atoms with Gasteiger partial charge < -0.3 is 14.9 Å². The van der Waals surface area contributed by atoms with E-state index in [9.17, 15) is 14.7 Å². The fourth-order valence-electron chi connectivity index (χ4n) is 3.49. The third kappa shape index (κ3) is 3.14. The first-order chi connectivity index (χ1) is 9.44. The molecule has 1 atom stereocenters. The van der Waals surface area contributed by atoms with Crippen molar-refractivity contribution in [2.24, 2.45) is 5.41 Å². The van der Waals surface area contributed by atoms with Crippen molar-refractivity contribution in [1.82, 2.24) is 9.80 Å². The maximum absolute atomic E-state index is 12.4. The summed E-state index contributed by atoms with van der Waals surface area (Å²) in [5.41, 5.74) is -0.800. The summed E-state index contributed by atoms with van der Waals surface area (Å²) in [6, 6.07) is 0.408. The van der Waals surface area contributed by atoms with Gasteiger partial charge in [0.05, 0.1) is 5.41 Å². The van der Waals surface area contributed by atoms with E-state index >= 15 is 0 Å². The fourth-order valence-corrected chi connectivity index (χ4v) is 3.49. The number of carboxylic acids is 1. The van der Waals surface area contributed by atoms with Gasteiger partial charge in [-0.05, 0) is 33.4 Å². The Labute approximate surface area is 120 Å². The number of carbonyl (C=O) groups excluding carboxylic acids is 1. The molecule has 1 heterocycles. The van der Waals surface area contributed by atoms with Gasteiger partial charge in [0.15, 0.2) is 0 Å². The van der Waals surface area contributed by atoms with E-state index in [-0.39, 0.29) is 12.3 Å². The first-order valence-electron chi connectivity index (χ1n) is 7.62. The molecule has 0 aromatic rings. The molecule has 0 bridgehead atoms. The first-order valence-corrected chi connectivity index (χ1v) is 7.62. The molecule has 0 spiro atoms. The number of aliphatic carboxylic acids is 1. The van der Waals surface area contributed by atoms with E-state index in [1.54, 1.807) is 0 Å². The van der Waals surface area contributed by atoms with Crippen molar-refractivity contribution in [2.75, 3.05) is 27.2 Å². The van der Waals surface area contributed by atoms with Gasteiger partial charge in [0.1, 0.15) is 0 Å². The number of carboxylic acid groups (broad SMARTS) is 1. The largest absolute Gasteiger partial charge is 0.481 e. The van der Waals surface area contributed by atoms with E-state index in [4.69, 9.17) is 0 Å². The highest BCUT2D eigenvalue weighted by Crippen LogP contribution is 2.40. The van der Waals surface area contributed by atoms with Crippen LogP contribution >= 0.6 is 0 Å². The number of hydrogen-bond donors (Lipinski definition) is 1. The minimum absolute atomic E-state index is 0.0265. The van der Waals surface area contributed by atoms with Crippen LogP contribution < -0.4 is 0 Å². The van der Waals surface area contributed by atoms with Crippen LogP contribution in [-0.4, -0.2) is 60.0 Å². The average Bonchev–Trinajstić information content (AvgIpc) is 2.89. The Morgan fingerprint density at radius 2 is 1.90 bits per heavy atom. The molecule has 0 aromatic heterocycles. The van der Waals surface area contributed by atoms with E-state index in [2.05, 4.69) is 4.90 Å². The lowest BCUT2D eigenvalue weighted by Crippen LogP contribution is -2.41. The Morgan fingerprint density at radius 1 is 1.25 bits per heavy atom. The molecule has 1 saturated heterocycles. The minimum atomic E-state index is -0.800. The highest BCUT2D eigenvalue weighted by molar-refractivity contribution is 5.85. The van der Waals surface area contributed by atoms with Crippen molar-refractivity contribution < 1.29 is 14.7 Å². The number of likely N-dealkylation sites (N-methyl/N-ethyl adjacent to an activating group) is 1. The van der Waals surface area contributed by atoms with Crippen LogP contribution in [0.2, 0.25) is 0 Å². The summed E-state index contributed by atoms with van der Waals surface area (Å²) in [6.45, 7) is 1.50. The van der Waals surface area contributed by atoms with Crippen LogP contribution in [-0.2, 0) is 9.59 Å². The lowest BCUT2D eigenvalue weighted by atomic mass is 9.71. The van der Waals surface area contributed by atoms with Crippen molar-refractivity contribution in [3.63, 3.8) is 0 Å². The van der Waals surface area contributed by atoms with Gasteiger partial charge in [-0.2, -0.15) is 0 Å². The highest BCUT2D eigenvalue weighted by Gasteiger charge is 2.43. The zero-order chi connectivity index (χ0) is 14.8. The first kappa shape index (κ1) is 15.3. The summed E-state index contributed by atoms with van der Waals surface area (Å²) in [7, 11) is 4.05. The maximum atomic E-state index is 12.4. The molecular formula is C15H26N2O3. The third-order valence-corrected chi connectivity index (χ3v) is 5.00. The molecule has 2 aliphatic rings. The van der Waals surface area contributed by atoms with Gasteiger partial charge in [-0.15, -0.1) is 0 Å². The molecule has 114 valence electrons. The Bertz CT molecular complexity index is 375. The minimum Gasteiger partial charge on any atom is -0.481 e. The summed E-state index contributed by atoms with van der Waals surface area (Å²) in [6.07, 6.45) is 5.43. The molecule has 0 aromatic carbocycles. The fraction of sp³-hybridized carbons (Fsp3) is 0.867. The molecule has 1 saturated carbocycles. The topological polar surface area (TPSA) is 60.9 Å². The molecule has 1 amide bonds. The summed E-state index contributed by atoms with van der Waals surface area (Å²) in [5, 5.41) is 9.54. The van der Waals surface area contributed by atoms with Gasteiger partial charge in [-0.1, -0.05) is 19.3 Å².